The predicted octanol–water partition coefficient (Wildman–Crippen LogP) is 5.90. The van der Waals surface area contributed by atoms with Crippen LogP contribution in [-0.4, -0.2) is 28.0 Å². The van der Waals surface area contributed by atoms with E-state index in [4.69, 9.17) is 4.74 Å². The molecule has 2 heterocycles. The summed E-state index contributed by atoms with van der Waals surface area (Å²) in [5.41, 5.74) is 4.49. The maximum absolute atomic E-state index is 13.8. The Kier molecular flexibility index (Phi) is 6.37. The van der Waals surface area contributed by atoms with Gasteiger partial charge < -0.3 is 10.1 Å². The topological polar surface area (TPSA) is 80.2 Å². The molecule has 2 aromatic heterocycles. The van der Waals surface area contributed by atoms with E-state index in [1.165, 1.54) is 11.3 Å². The van der Waals surface area contributed by atoms with Crippen molar-refractivity contribution < 1.29 is 9.53 Å². The van der Waals surface area contributed by atoms with E-state index in [-0.39, 0.29) is 5.91 Å². The van der Waals surface area contributed by atoms with Gasteiger partial charge in [0.2, 0.25) is 0 Å². The molecule has 8 heteroatoms. The molecule has 7 nitrogen and oxygen atoms in total. The summed E-state index contributed by atoms with van der Waals surface area (Å²) in [6.07, 6.45) is 1.60. The number of nitrogens with one attached hydrogen (secondary N) is 1. The van der Waals surface area contributed by atoms with Crippen molar-refractivity contribution in [2.45, 2.75) is 27.7 Å². The summed E-state index contributed by atoms with van der Waals surface area (Å²) in [5, 5.41) is 3.78. The second-order valence-electron chi connectivity index (χ2n) is 7.68. The van der Waals surface area contributed by atoms with E-state index in [0.29, 0.717) is 21.7 Å². The molecule has 33 heavy (non-hydrogen) atoms. The molecular weight excluding hydrogens is 434 g/mol. The first kappa shape index (κ1) is 22.4. The number of aryl methyl sites for hydroxylation is 4. The van der Waals surface area contributed by atoms with Gasteiger partial charge in [-0.05, 0) is 63.1 Å². The number of anilines is 4. The number of methoxy groups -OCH3 is 1. The van der Waals surface area contributed by atoms with Gasteiger partial charge in [-0.25, -0.2) is 15.0 Å². The number of ether oxygens (including phenoxy) is 1. The van der Waals surface area contributed by atoms with Crippen molar-refractivity contribution in [3.63, 3.8) is 0 Å². The lowest BCUT2D eigenvalue weighted by Gasteiger charge is -2.26. The molecule has 0 bridgehead atoms. The number of nitrogens with zero attached hydrogens (tertiary/aromatic N) is 4. The van der Waals surface area contributed by atoms with Crippen LogP contribution in [0.1, 0.15) is 32.3 Å². The molecule has 0 aliphatic heterocycles. The molecule has 0 aliphatic carbocycles. The van der Waals surface area contributed by atoms with E-state index < -0.39 is 0 Å². The van der Waals surface area contributed by atoms with Crippen LogP contribution in [0.4, 0.5) is 22.3 Å². The normalized spacial score (nSPS) is 10.7. The summed E-state index contributed by atoms with van der Waals surface area (Å²) >= 11 is 1.29. The first-order chi connectivity index (χ1) is 15.9. The van der Waals surface area contributed by atoms with Crippen molar-refractivity contribution in [3.05, 3.63) is 82.3 Å². The first-order valence-electron chi connectivity index (χ1n) is 10.5. The van der Waals surface area contributed by atoms with Crippen LogP contribution in [0.25, 0.3) is 0 Å². The van der Waals surface area contributed by atoms with Gasteiger partial charge >= 0.3 is 0 Å². The van der Waals surface area contributed by atoms with Crippen molar-refractivity contribution in [2.24, 2.45) is 0 Å². The standard InChI is InChI=1S/C25H25N5O2S/c1-15-7-6-8-16(2)23(15)30(19-9-11-20(32-5)12-10-19)24(31)21-14-26-25(33-21)29-22-13-17(3)27-18(4)28-22/h6-14H,1-5H3,(H,26,27,28,29). The van der Waals surface area contributed by atoms with Crippen LogP contribution in [0.2, 0.25) is 0 Å². The average molecular weight is 460 g/mol. The number of hydrogen-bond acceptors (Lipinski definition) is 7. The SMILES string of the molecule is COc1ccc(N(C(=O)c2cnc(Nc3cc(C)nc(C)n3)s2)c2c(C)cccc2C)cc1. The molecule has 0 spiro atoms. The van der Waals surface area contributed by atoms with Gasteiger partial charge in [-0.3, -0.25) is 9.69 Å². The Balaban J connectivity index is 1.71. The summed E-state index contributed by atoms with van der Waals surface area (Å²) < 4.78 is 5.29. The van der Waals surface area contributed by atoms with Crippen molar-refractivity contribution >= 4 is 39.6 Å². The molecule has 0 unspecified atom stereocenters. The second-order valence-corrected chi connectivity index (χ2v) is 8.71. The fourth-order valence-corrected chi connectivity index (χ4v) is 4.42. The van der Waals surface area contributed by atoms with Gasteiger partial charge in [-0.15, -0.1) is 0 Å². The molecule has 0 fully saturated rings. The fraction of sp³-hybridized carbons (Fsp3) is 0.200. The lowest BCUT2D eigenvalue weighted by atomic mass is 10.1. The maximum atomic E-state index is 13.8. The molecule has 4 aromatic rings. The molecular formula is C25H25N5O2S. The lowest BCUT2D eigenvalue weighted by molar-refractivity contribution is 0.100. The minimum Gasteiger partial charge on any atom is -0.497 e. The highest BCUT2D eigenvalue weighted by molar-refractivity contribution is 7.17. The summed E-state index contributed by atoms with van der Waals surface area (Å²) in [5.74, 6) is 1.90. The van der Waals surface area contributed by atoms with Crippen LogP contribution in [0.5, 0.6) is 5.75 Å². The number of rotatable bonds is 6. The lowest BCUT2D eigenvalue weighted by Crippen LogP contribution is -2.26. The van der Waals surface area contributed by atoms with E-state index in [1.807, 2.05) is 76.2 Å². The zero-order chi connectivity index (χ0) is 23.5. The Morgan fingerprint density at radius 1 is 1.00 bits per heavy atom. The van der Waals surface area contributed by atoms with Gasteiger partial charge in [0, 0.05) is 17.4 Å². The monoisotopic (exact) mass is 459 g/mol. The number of carbonyl (C=O) groups excluding carboxylic acids is 1. The van der Waals surface area contributed by atoms with Crippen LogP contribution < -0.4 is 15.0 Å². The molecule has 168 valence electrons. The van der Waals surface area contributed by atoms with Crippen LogP contribution in [0.15, 0.2) is 54.7 Å². The van der Waals surface area contributed by atoms with Gasteiger partial charge in [0.05, 0.1) is 19.0 Å². The molecule has 0 saturated carbocycles. The van der Waals surface area contributed by atoms with Gasteiger partial charge in [0.25, 0.3) is 5.91 Å². The number of benzene rings is 2. The van der Waals surface area contributed by atoms with E-state index in [0.717, 1.165) is 33.9 Å². The Labute approximate surface area is 197 Å². The van der Waals surface area contributed by atoms with Gasteiger partial charge in [-0.1, -0.05) is 29.5 Å². The Morgan fingerprint density at radius 2 is 1.70 bits per heavy atom. The van der Waals surface area contributed by atoms with E-state index in [1.54, 1.807) is 18.2 Å². The summed E-state index contributed by atoms with van der Waals surface area (Å²) in [4.78, 5) is 29.1. The zero-order valence-electron chi connectivity index (χ0n) is 19.2. The third kappa shape index (κ3) is 4.85. The molecule has 0 saturated heterocycles. The van der Waals surface area contributed by atoms with Crippen LogP contribution >= 0.6 is 11.3 Å². The minimum absolute atomic E-state index is 0.154. The highest BCUT2D eigenvalue weighted by Crippen LogP contribution is 2.35. The summed E-state index contributed by atoms with van der Waals surface area (Å²) in [7, 11) is 1.62. The zero-order valence-corrected chi connectivity index (χ0v) is 20.0. The Hall–Kier alpha value is -3.78. The van der Waals surface area contributed by atoms with E-state index in [9.17, 15) is 4.79 Å². The molecule has 1 N–H and O–H groups in total. The fourth-order valence-electron chi connectivity index (χ4n) is 3.67. The van der Waals surface area contributed by atoms with Crippen molar-refractivity contribution in [1.82, 2.24) is 15.0 Å². The van der Waals surface area contributed by atoms with Crippen molar-refractivity contribution in [1.29, 1.82) is 0 Å². The number of hydrogen-bond donors (Lipinski definition) is 1. The van der Waals surface area contributed by atoms with E-state index in [2.05, 4.69) is 20.3 Å². The second kappa shape index (κ2) is 9.38. The Bertz CT molecular complexity index is 1260. The third-order valence-corrected chi connectivity index (χ3v) is 6.02. The highest BCUT2D eigenvalue weighted by atomic mass is 32.1. The molecule has 0 atom stereocenters. The van der Waals surface area contributed by atoms with Gasteiger partial charge in [0.1, 0.15) is 22.3 Å². The average Bonchev–Trinajstić information content (AvgIpc) is 3.24. The molecule has 2 aromatic carbocycles. The van der Waals surface area contributed by atoms with E-state index >= 15 is 0 Å². The molecule has 0 aliphatic rings. The first-order valence-corrected chi connectivity index (χ1v) is 11.3. The van der Waals surface area contributed by atoms with Gasteiger partial charge in [-0.2, -0.15) is 0 Å². The summed E-state index contributed by atoms with van der Waals surface area (Å²) in [6, 6.07) is 15.3. The number of para-hydroxylation sites is 1. The smallest absolute Gasteiger partial charge is 0.274 e. The summed E-state index contributed by atoms with van der Waals surface area (Å²) in [6.45, 7) is 7.76. The largest absolute Gasteiger partial charge is 0.497 e. The number of amides is 1. The minimum atomic E-state index is -0.154. The number of aromatic nitrogens is 3. The molecule has 0 radical (unpaired) electrons. The predicted molar refractivity (Wildman–Crippen MR) is 132 cm³/mol. The van der Waals surface area contributed by atoms with Crippen LogP contribution in [0.3, 0.4) is 0 Å². The highest BCUT2D eigenvalue weighted by Gasteiger charge is 2.25. The number of thiazole rings is 1. The maximum Gasteiger partial charge on any atom is 0.274 e. The van der Waals surface area contributed by atoms with Crippen molar-refractivity contribution in [2.75, 3.05) is 17.3 Å². The quantitative estimate of drug-likeness (QED) is 0.387. The van der Waals surface area contributed by atoms with Gasteiger partial charge in [0.15, 0.2) is 5.13 Å². The molecule has 4 rings (SSSR count). The van der Waals surface area contributed by atoms with Crippen LogP contribution in [-0.2, 0) is 0 Å². The number of carbonyl (C=O) groups is 1. The van der Waals surface area contributed by atoms with Crippen molar-refractivity contribution in [3.8, 4) is 5.75 Å². The third-order valence-electron chi connectivity index (χ3n) is 5.11. The Morgan fingerprint density at radius 3 is 2.33 bits per heavy atom. The van der Waals surface area contributed by atoms with Crippen LogP contribution in [0, 0.1) is 27.7 Å². The molecule has 1 amide bonds.